The van der Waals surface area contributed by atoms with Crippen molar-refractivity contribution in [1.82, 2.24) is 10.2 Å². The van der Waals surface area contributed by atoms with E-state index in [0.29, 0.717) is 19.5 Å². The molecule has 1 rings (SSSR count). The average Bonchev–Trinajstić information content (AvgIpc) is 2.49. The van der Waals surface area contributed by atoms with Gasteiger partial charge in [-0.05, 0) is 36.5 Å². The van der Waals surface area contributed by atoms with Crippen LogP contribution in [0.5, 0.6) is 0 Å². The fourth-order valence-electron chi connectivity index (χ4n) is 2.28. The van der Waals surface area contributed by atoms with Crippen molar-refractivity contribution in [3.05, 3.63) is 35.6 Å². The molecule has 0 aliphatic carbocycles. The second kappa shape index (κ2) is 11.1. The van der Waals surface area contributed by atoms with Gasteiger partial charge in [0.2, 0.25) is 0 Å². The maximum atomic E-state index is 13.3. The predicted molar refractivity (Wildman–Crippen MR) is 117 cm³/mol. The number of rotatable bonds is 8. The largest absolute Gasteiger partial charge is 0.357 e. The third-order valence-corrected chi connectivity index (χ3v) is 4.76. The second-order valence-electron chi connectivity index (χ2n) is 7.20. The molecule has 5 nitrogen and oxygen atoms in total. The summed E-state index contributed by atoms with van der Waals surface area (Å²) in [7, 11) is -1.08. The highest BCUT2D eigenvalue weighted by molar-refractivity contribution is 14.0. The Bertz CT molecular complexity index is 693. The predicted octanol–water partition coefficient (Wildman–Crippen LogP) is 3.30. The normalized spacial score (nSPS) is 12.5. The Labute approximate surface area is 174 Å². The van der Waals surface area contributed by atoms with Crippen LogP contribution in [0.25, 0.3) is 0 Å². The van der Waals surface area contributed by atoms with Gasteiger partial charge < -0.3 is 10.2 Å². The van der Waals surface area contributed by atoms with Gasteiger partial charge in [-0.1, -0.05) is 26.0 Å². The van der Waals surface area contributed by atoms with Crippen LogP contribution in [0.3, 0.4) is 0 Å². The summed E-state index contributed by atoms with van der Waals surface area (Å²) < 4.78 is 36.1. The summed E-state index contributed by atoms with van der Waals surface area (Å²) in [6, 6.07) is 6.50. The lowest BCUT2D eigenvalue weighted by molar-refractivity contribution is 0.361. The summed E-state index contributed by atoms with van der Waals surface area (Å²) in [5.74, 6) is 0.625. The van der Waals surface area contributed by atoms with E-state index in [1.165, 1.54) is 18.4 Å². The SMILES string of the molecule is CCNC(=NCC(C)(C)CCS(C)(=O)=O)N(C)Cc1cccc(F)c1.I. The molecule has 0 spiro atoms. The summed E-state index contributed by atoms with van der Waals surface area (Å²) >= 11 is 0. The first-order valence-electron chi connectivity index (χ1n) is 8.44. The van der Waals surface area contributed by atoms with Crippen molar-refractivity contribution in [3.63, 3.8) is 0 Å². The van der Waals surface area contributed by atoms with E-state index < -0.39 is 9.84 Å². The Morgan fingerprint density at radius 1 is 1.35 bits per heavy atom. The number of aliphatic imine (C=N–C) groups is 1. The van der Waals surface area contributed by atoms with Gasteiger partial charge in [0.15, 0.2) is 5.96 Å². The van der Waals surface area contributed by atoms with E-state index in [2.05, 4.69) is 10.3 Å². The van der Waals surface area contributed by atoms with Gasteiger partial charge in [-0.2, -0.15) is 0 Å². The van der Waals surface area contributed by atoms with Gasteiger partial charge in [0.05, 0.1) is 5.75 Å². The molecule has 0 radical (unpaired) electrons. The smallest absolute Gasteiger partial charge is 0.193 e. The van der Waals surface area contributed by atoms with Crippen LogP contribution in [-0.4, -0.2) is 51.4 Å². The molecule has 0 aliphatic rings. The number of nitrogens with one attached hydrogen (secondary N) is 1. The van der Waals surface area contributed by atoms with Gasteiger partial charge >= 0.3 is 0 Å². The van der Waals surface area contributed by atoms with E-state index in [4.69, 9.17) is 0 Å². The lowest BCUT2D eigenvalue weighted by atomic mass is 9.90. The zero-order chi connectivity index (χ0) is 19.1. The zero-order valence-corrected chi connectivity index (χ0v) is 19.4. The first kappa shape index (κ1) is 25.1. The molecule has 8 heteroatoms. The van der Waals surface area contributed by atoms with Gasteiger partial charge in [-0.15, -0.1) is 24.0 Å². The summed E-state index contributed by atoms with van der Waals surface area (Å²) in [4.78, 5) is 6.58. The van der Waals surface area contributed by atoms with Crippen LogP contribution < -0.4 is 5.32 Å². The zero-order valence-electron chi connectivity index (χ0n) is 16.3. The van der Waals surface area contributed by atoms with Crippen molar-refractivity contribution < 1.29 is 12.8 Å². The molecule has 1 aromatic carbocycles. The van der Waals surface area contributed by atoms with Crippen LogP contribution >= 0.6 is 24.0 Å². The number of nitrogens with zero attached hydrogens (tertiary/aromatic N) is 2. The lowest BCUT2D eigenvalue weighted by Gasteiger charge is -2.26. The second-order valence-corrected chi connectivity index (χ2v) is 9.46. The molecular weight excluding hydrogens is 468 g/mol. The highest BCUT2D eigenvalue weighted by Gasteiger charge is 2.20. The van der Waals surface area contributed by atoms with Gasteiger partial charge in [-0.25, -0.2) is 12.8 Å². The molecule has 0 aromatic heterocycles. The number of hydrogen-bond acceptors (Lipinski definition) is 3. The number of hydrogen-bond donors (Lipinski definition) is 1. The van der Waals surface area contributed by atoms with Gasteiger partial charge in [0.1, 0.15) is 15.7 Å². The van der Waals surface area contributed by atoms with Crippen LogP contribution in [0.4, 0.5) is 4.39 Å². The fourth-order valence-corrected chi connectivity index (χ4v) is 3.21. The summed E-state index contributed by atoms with van der Waals surface area (Å²) in [5, 5.41) is 3.23. The van der Waals surface area contributed by atoms with Crippen LogP contribution in [-0.2, 0) is 16.4 Å². The van der Waals surface area contributed by atoms with E-state index in [0.717, 1.165) is 18.1 Å². The van der Waals surface area contributed by atoms with Crippen molar-refractivity contribution in [2.75, 3.05) is 32.1 Å². The number of sulfone groups is 1. The molecule has 0 atom stereocenters. The summed E-state index contributed by atoms with van der Waals surface area (Å²) in [5.41, 5.74) is 0.646. The van der Waals surface area contributed by atoms with E-state index in [9.17, 15) is 12.8 Å². The molecule has 0 saturated carbocycles. The minimum Gasteiger partial charge on any atom is -0.357 e. The third-order valence-electron chi connectivity index (χ3n) is 3.81. The Balaban J connectivity index is 0.00000625. The molecule has 1 N–H and O–H groups in total. The molecule has 26 heavy (non-hydrogen) atoms. The summed E-state index contributed by atoms with van der Waals surface area (Å²) in [6.07, 6.45) is 1.81. The number of halogens is 2. The molecule has 0 aliphatic heterocycles. The monoisotopic (exact) mass is 499 g/mol. The van der Waals surface area contributed by atoms with Gasteiger partial charge in [0, 0.05) is 32.9 Å². The standard InChI is InChI=1S/C18H30FN3O2S.HI/c1-6-20-17(21-14-18(2,3)10-11-25(5,23)24)22(4)13-15-8-7-9-16(19)12-15;/h7-9,12H,6,10-11,13-14H2,1-5H3,(H,20,21);1H. The molecule has 1 aromatic rings. The van der Waals surface area contributed by atoms with Crippen molar-refractivity contribution in [1.29, 1.82) is 0 Å². The van der Waals surface area contributed by atoms with Gasteiger partial charge in [0.25, 0.3) is 0 Å². The Morgan fingerprint density at radius 3 is 2.54 bits per heavy atom. The Kier molecular flexibility index (Phi) is 10.7. The van der Waals surface area contributed by atoms with Crippen molar-refractivity contribution >= 4 is 39.8 Å². The van der Waals surface area contributed by atoms with E-state index >= 15 is 0 Å². The maximum Gasteiger partial charge on any atom is 0.193 e. The minimum absolute atomic E-state index is 0. The van der Waals surface area contributed by atoms with Crippen LogP contribution in [0.1, 0.15) is 32.8 Å². The number of guanidine groups is 1. The first-order valence-corrected chi connectivity index (χ1v) is 10.5. The first-order chi connectivity index (χ1) is 11.5. The fraction of sp³-hybridized carbons (Fsp3) is 0.611. The number of benzene rings is 1. The highest BCUT2D eigenvalue weighted by atomic mass is 127. The molecule has 0 heterocycles. The Hall–Kier alpha value is -0.900. The molecule has 0 saturated heterocycles. The summed E-state index contributed by atoms with van der Waals surface area (Å²) in [6.45, 7) is 7.78. The minimum atomic E-state index is -2.98. The Morgan fingerprint density at radius 2 is 2.00 bits per heavy atom. The molecule has 0 unspecified atom stereocenters. The maximum absolute atomic E-state index is 13.3. The molecule has 0 amide bonds. The van der Waals surface area contributed by atoms with Crippen LogP contribution in [0.15, 0.2) is 29.3 Å². The average molecular weight is 499 g/mol. The van der Waals surface area contributed by atoms with E-state index in [1.54, 1.807) is 6.07 Å². The highest BCUT2D eigenvalue weighted by Crippen LogP contribution is 2.21. The van der Waals surface area contributed by atoms with Crippen LogP contribution in [0, 0.1) is 11.2 Å². The van der Waals surface area contributed by atoms with E-state index in [1.807, 2.05) is 38.8 Å². The van der Waals surface area contributed by atoms with Crippen molar-refractivity contribution in [3.8, 4) is 0 Å². The molecule has 0 fully saturated rings. The topological polar surface area (TPSA) is 61.8 Å². The molecule has 0 bridgehead atoms. The van der Waals surface area contributed by atoms with Crippen molar-refractivity contribution in [2.45, 2.75) is 33.7 Å². The van der Waals surface area contributed by atoms with Gasteiger partial charge in [-0.3, -0.25) is 4.99 Å². The van der Waals surface area contributed by atoms with Crippen molar-refractivity contribution in [2.24, 2.45) is 10.4 Å². The molecule has 150 valence electrons. The quantitative estimate of drug-likeness (QED) is 0.339. The molecular formula is C18H31FIN3O2S. The third kappa shape index (κ3) is 10.3. The van der Waals surface area contributed by atoms with Crippen LogP contribution in [0.2, 0.25) is 0 Å². The van der Waals surface area contributed by atoms with E-state index in [-0.39, 0.29) is 41.0 Å². The lowest BCUT2D eigenvalue weighted by Crippen LogP contribution is -2.39.